The summed E-state index contributed by atoms with van der Waals surface area (Å²) in [5.74, 6) is 0. The monoisotopic (exact) mass is 532 g/mol. The van der Waals surface area contributed by atoms with Gasteiger partial charge >= 0.3 is 0 Å². The van der Waals surface area contributed by atoms with E-state index >= 15 is 0 Å². The van der Waals surface area contributed by atoms with E-state index in [1.54, 1.807) is 0 Å². The van der Waals surface area contributed by atoms with Gasteiger partial charge in [0.1, 0.15) is 0 Å². The van der Waals surface area contributed by atoms with Crippen molar-refractivity contribution in [2.45, 2.75) is 0 Å². The van der Waals surface area contributed by atoms with Gasteiger partial charge in [-0.05, 0) is 82.9 Å². The molecule has 42 heavy (non-hydrogen) atoms. The predicted octanol–water partition coefficient (Wildman–Crippen LogP) is 11.8. The molecule has 0 nitrogen and oxygen atoms in total. The number of fused-ring (bicyclic) bond motifs is 3. The zero-order chi connectivity index (χ0) is 27.9. The minimum absolute atomic E-state index is 1.23. The van der Waals surface area contributed by atoms with E-state index in [1.165, 1.54) is 76.8 Å². The van der Waals surface area contributed by atoms with Crippen LogP contribution in [-0.2, 0) is 0 Å². The Morgan fingerprint density at radius 1 is 0.238 bits per heavy atom. The van der Waals surface area contributed by atoms with Crippen LogP contribution >= 0.6 is 0 Å². The van der Waals surface area contributed by atoms with Crippen LogP contribution in [0.1, 0.15) is 0 Å². The lowest BCUT2D eigenvalue weighted by Crippen LogP contribution is -1.91. The Balaban J connectivity index is 1.42. The highest BCUT2D eigenvalue weighted by atomic mass is 14.2. The quantitative estimate of drug-likeness (QED) is 0.198. The van der Waals surface area contributed by atoms with Crippen LogP contribution in [0.3, 0.4) is 0 Å². The zero-order valence-corrected chi connectivity index (χ0v) is 23.2. The van der Waals surface area contributed by atoms with Gasteiger partial charge in [-0.1, -0.05) is 164 Å². The fourth-order valence-corrected chi connectivity index (χ4v) is 6.61. The molecule has 196 valence electrons. The fraction of sp³-hybridized carbons (Fsp3) is 0. The van der Waals surface area contributed by atoms with Crippen molar-refractivity contribution in [3.63, 3.8) is 0 Å². The third-order valence-electron chi connectivity index (χ3n) is 8.47. The van der Waals surface area contributed by atoms with Crippen molar-refractivity contribution in [1.29, 1.82) is 0 Å². The molecule has 0 aliphatic heterocycles. The molecule has 0 atom stereocenters. The molecule has 0 amide bonds. The summed E-state index contributed by atoms with van der Waals surface area (Å²) in [6.07, 6.45) is 0. The minimum atomic E-state index is 1.23. The van der Waals surface area contributed by atoms with E-state index in [4.69, 9.17) is 0 Å². The molecular formula is C42H28. The number of hydrogen-bond donors (Lipinski definition) is 0. The van der Waals surface area contributed by atoms with E-state index in [-0.39, 0.29) is 0 Å². The summed E-state index contributed by atoms with van der Waals surface area (Å²) in [5.41, 5.74) is 10.0. The standard InChI is InChI=1S/C42H28/c1-3-14-29(15-4-1)33-19-7-8-20-34(33)35-25-13-18-30-26-27-32(28-40(30)35)42-38-23-11-9-21-36(38)41(31-16-5-2-6-17-31)37-22-10-12-24-39(37)42/h1-28H. The maximum Gasteiger partial charge on any atom is -0.00261 e. The molecule has 8 rings (SSSR count). The summed E-state index contributed by atoms with van der Waals surface area (Å²) < 4.78 is 0. The van der Waals surface area contributed by atoms with E-state index in [9.17, 15) is 0 Å². The topological polar surface area (TPSA) is 0 Å². The molecule has 0 heterocycles. The van der Waals surface area contributed by atoms with Gasteiger partial charge in [-0.15, -0.1) is 0 Å². The lowest BCUT2D eigenvalue weighted by Gasteiger charge is -2.18. The van der Waals surface area contributed by atoms with E-state index in [2.05, 4.69) is 170 Å². The minimum Gasteiger partial charge on any atom is -0.0622 e. The molecule has 0 radical (unpaired) electrons. The van der Waals surface area contributed by atoms with Gasteiger partial charge in [0.25, 0.3) is 0 Å². The number of hydrogen-bond acceptors (Lipinski definition) is 0. The Morgan fingerprint density at radius 3 is 1.33 bits per heavy atom. The first-order chi connectivity index (χ1) is 20.9. The largest absolute Gasteiger partial charge is 0.0622 e. The SMILES string of the molecule is c1ccc(-c2ccccc2-c2cccc3ccc(-c4c5ccccc5c(-c5ccccc5)c5ccccc45)cc23)cc1. The normalized spacial score (nSPS) is 11.3. The molecule has 0 spiro atoms. The van der Waals surface area contributed by atoms with Gasteiger partial charge in [0.2, 0.25) is 0 Å². The Hall–Kier alpha value is -5.46. The molecule has 0 unspecified atom stereocenters. The van der Waals surface area contributed by atoms with Crippen molar-refractivity contribution < 1.29 is 0 Å². The fourth-order valence-electron chi connectivity index (χ4n) is 6.61. The van der Waals surface area contributed by atoms with Crippen LogP contribution in [0.2, 0.25) is 0 Å². The third kappa shape index (κ3) is 4.00. The highest BCUT2D eigenvalue weighted by Crippen LogP contribution is 2.45. The maximum absolute atomic E-state index is 2.41. The average molecular weight is 533 g/mol. The number of benzene rings is 8. The van der Waals surface area contributed by atoms with E-state index < -0.39 is 0 Å². The van der Waals surface area contributed by atoms with Crippen molar-refractivity contribution in [3.8, 4) is 44.5 Å². The molecule has 0 saturated heterocycles. The average Bonchev–Trinajstić information content (AvgIpc) is 3.07. The summed E-state index contributed by atoms with van der Waals surface area (Å²) in [4.78, 5) is 0. The lowest BCUT2D eigenvalue weighted by atomic mass is 9.85. The molecule has 0 N–H and O–H groups in total. The Bertz CT molecular complexity index is 2170. The van der Waals surface area contributed by atoms with Crippen LogP contribution < -0.4 is 0 Å². The molecule has 0 heteroatoms. The first kappa shape index (κ1) is 24.3. The van der Waals surface area contributed by atoms with Crippen LogP contribution in [0.25, 0.3) is 76.8 Å². The van der Waals surface area contributed by atoms with Gasteiger partial charge in [-0.3, -0.25) is 0 Å². The molecule has 0 aliphatic carbocycles. The smallest absolute Gasteiger partial charge is 0.00261 e. The van der Waals surface area contributed by atoms with Gasteiger partial charge in [-0.2, -0.15) is 0 Å². The summed E-state index contributed by atoms with van der Waals surface area (Å²) >= 11 is 0. The molecule has 8 aromatic rings. The van der Waals surface area contributed by atoms with Crippen LogP contribution in [0.5, 0.6) is 0 Å². The van der Waals surface area contributed by atoms with Gasteiger partial charge in [0.15, 0.2) is 0 Å². The zero-order valence-electron chi connectivity index (χ0n) is 23.2. The van der Waals surface area contributed by atoms with Crippen LogP contribution in [0, 0.1) is 0 Å². The van der Waals surface area contributed by atoms with Gasteiger partial charge in [0, 0.05) is 0 Å². The summed E-state index contributed by atoms with van der Waals surface area (Å²) in [5, 5.41) is 7.61. The van der Waals surface area contributed by atoms with Crippen LogP contribution in [-0.4, -0.2) is 0 Å². The second kappa shape index (κ2) is 10.2. The second-order valence-electron chi connectivity index (χ2n) is 10.9. The van der Waals surface area contributed by atoms with Crippen molar-refractivity contribution in [2.75, 3.05) is 0 Å². The Labute approximate surface area is 246 Å². The molecule has 0 saturated carbocycles. The maximum atomic E-state index is 2.41. The summed E-state index contributed by atoms with van der Waals surface area (Å²) in [7, 11) is 0. The predicted molar refractivity (Wildman–Crippen MR) is 181 cm³/mol. The van der Waals surface area contributed by atoms with Crippen LogP contribution in [0.4, 0.5) is 0 Å². The van der Waals surface area contributed by atoms with Crippen LogP contribution in [0.15, 0.2) is 170 Å². The van der Waals surface area contributed by atoms with Gasteiger partial charge < -0.3 is 0 Å². The highest BCUT2D eigenvalue weighted by molar-refractivity contribution is 6.22. The molecule has 0 bridgehead atoms. The molecule has 0 aromatic heterocycles. The van der Waals surface area contributed by atoms with E-state index in [0.717, 1.165) is 0 Å². The first-order valence-corrected chi connectivity index (χ1v) is 14.5. The van der Waals surface area contributed by atoms with E-state index in [1.807, 2.05) is 0 Å². The molecule has 8 aromatic carbocycles. The molecule has 0 fully saturated rings. The van der Waals surface area contributed by atoms with Gasteiger partial charge in [-0.25, -0.2) is 0 Å². The van der Waals surface area contributed by atoms with Gasteiger partial charge in [0.05, 0.1) is 0 Å². The van der Waals surface area contributed by atoms with Crippen molar-refractivity contribution in [1.82, 2.24) is 0 Å². The third-order valence-corrected chi connectivity index (χ3v) is 8.47. The second-order valence-corrected chi connectivity index (χ2v) is 10.9. The molecular weight excluding hydrogens is 504 g/mol. The first-order valence-electron chi connectivity index (χ1n) is 14.5. The van der Waals surface area contributed by atoms with Crippen molar-refractivity contribution in [3.05, 3.63) is 170 Å². The molecule has 0 aliphatic rings. The van der Waals surface area contributed by atoms with E-state index in [0.29, 0.717) is 0 Å². The van der Waals surface area contributed by atoms with Crippen molar-refractivity contribution in [2.24, 2.45) is 0 Å². The number of rotatable bonds is 4. The highest BCUT2D eigenvalue weighted by Gasteiger charge is 2.17. The summed E-state index contributed by atoms with van der Waals surface area (Å²) in [6, 6.07) is 61.7. The summed E-state index contributed by atoms with van der Waals surface area (Å²) in [6.45, 7) is 0. The Kier molecular flexibility index (Phi) is 5.90. The van der Waals surface area contributed by atoms with Crippen molar-refractivity contribution >= 4 is 32.3 Å². The lowest BCUT2D eigenvalue weighted by molar-refractivity contribution is 1.60. The Morgan fingerprint density at radius 2 is 0.714 bits per heavy atom.